The highest BCUT2D eigenvalue weighted by Gasteiger charge is 2.36. The molecular formula is C24H37N5O2. The SMILES string of the molecule is CCNC(=NCC1(O)CCc2ccccc21)N1CCN(CC(=O)N2CCCCC2)CC1. The van der Waals surface area contributed by atoms with E-state index in [0.29, 0.717) is 13.1 Å². The van der Waals surface area contributed by atoms with Crippen molar-refractivity contribution in [2.24, 2.45) is 4.99 Å². The Morgan fingerprint density at radius 2 is 1.81 bits per heavy atom. The molecule has 7 nitrogen and oxygen atoms in total. The van der Waals surface area contributed by atoms with Gasteiger partial charge in [0.1, 0.15) is 5.60 Å². The Morgan fingerprint density at radius 1 is 1.06 bits per heavy atom. The number of aliphatic hydroxyl groups is 1. The Bertz CT molecular complexity index is 784. The summed E-state index contributed by atoms with van der Waals surface area (Å²) < 4.78 is 0. The van der Waals surface area contributed by atoms with Crippen molar-refractivity contribution in [3.05, 3.63) is 35.4 Å². The fourth-order valence-corrected chi connectivity index (χ4v) is 5.02. The van der Waals surface area contributed by atoms with Crippen LogP contribution in [0.2, 0.25) is 0 Å². The van der Waals surface area contributed by atoms with Crippen molar-refractivity contribution >= 4 is 11.9 Å². The van der Waals surface area contributed by atoms with Gasteiger partial charge in [0.05, 0.1) is 13.1 Å². The average molecular weight is 428 g/mol. The van der Waals surface area contributed by atoms with E-state index in [1.54, 1.807) is 0 Å². The molecule has 0 radical (unpaired) electrons. The second kappa shape index (κ2) is 10.0. The number of hydrogen-bond donors (Lipinski definition) is 2. The minimum atomic E-state index is -0.875. The van der Waals surface area contributed by atoms with Crippen LogP contribution in [-0.4, -0.2) is 90.6 Å². The van der Waals surface area contributed by atoms with Crippen molar-refractivity contribution in [2.75, 3.05) is 58.9 Å². The molecule has 0 bridgehead atoms. The first-order chi connectivity index (χ1) is 15.1. The molecule has 0 spiro atoms. The van der Waals surface area contributed by atoms with Gasteiger partial charge in [-0.1, -0.05) is 24.3 Å². The average Bonchev–Trinajstić information content (AvgIpc) is 3.15. The maximum Gasteiger partial charge on any atom is 0.236 e. The summed E-state index contributed by atoms with van der Waals surface area (Å²) in [4.78, 5) is 24.0. The molecule has 2 saturated heterocycles. The lowest BCUT2D eigenvalue weighted by atomic mass is 9.96. The van der Waals surface area contributed by atoms with Crippen LogP contribution in [0.1, 0.15) is 43.7 Å². The van der Waals surface area contributed by atoms with Gasteiger partial charge in [0.25, 0.3) is 0 Å². The van der Waals surface area contributed by atoms with E-state index in [4.69, 9.17) is 4.99 Å². The van der Waals surface area contributed by atoms with Gasteiger partial charge in [0.15, 0.2) is 5.96 Å². The summed E-state index contributed by atoms with van der Waals surface area (Å²) >= 11 is 0. The summed E-state index contributed by atoms with van der Waals surface area (Å²) in [5.41, 5.74) is 1.38. The van der Waals surface area contributed by atoms with Gasteiger partial charge < -0.3 is 20.2 Å². The van der Waals surface area contributed by atoms with Gasteiger partial charge in [0.2, 0.25) is 5.91 Å². The lowest BCUT2D eigenvalue weighted by Gasteiger charge is -2.37. The third-order valence-electron chi connectivity index (χ3n) is 6.89. The van der Waals surface area contributed by atoms with Crippen molar-refractivity contribution in [3.63, 3.8) is 0 Å². The molecule has 1 aromatic carbocycles. The quantitative estimate of drug-likeness (QED) is 0.549. The van der Waals surface area contributed by atoms with Crippen LogP contribution >= 0.6 is 0 Å². The zero-order valence-electron chi connectivity index (χ0n) is 18.9. The number of benzene rings is 1. The van der Waals surface area contributed by atoms with E-state index in [0.717, 1.165) is 83.0 Å². The van der Waals surface area contributed by atoms with E-state index in [1.165, 1.54) is 12.0 Å². The van der Waals surface area contributed by atoms with Gasteiger partial charge in [0, 0.05) is 45.8 Å². The molecule has 2 N–H and O–H groups in total. The van der Waals surface area contributed by atoms with Crippen LogP contribution in [0.4, 0.5) is 0 Å². The number of piperazine rings is 1. The number of likely N-dealkylation sites (tertiary alicyclic amines) is 1. The van der Waals surface area contributed by atoms with E-state index >= 15 is 0 Å². The van der Waals surface area contributed by atoms with E-state index in [-0.39, 0.29) is 5.91 Å². The summed E-state index contributed by atoms with van der Waals surface area (Å²) in [6.07, 6.45) is 5.15. The Hall–Kier alpha value is -2.12. The maximum atomic E-state index is 12.6. The molecule has 2 heterocycles. The van der Waals surface area contributed by atoms with E-state index in [2.05, 4.69) is 28.1 Å². The molecule has 1 unspecified atom stereocenters. The molecule has 1 amide bonds. The van der Waals surface area contributed by atoms with Crippen LogP contribution in [-0.2, 0) is 16.8 Å². The molecule has 1 aromatic rings. The fraction of sp³-hybridized carbons (Fsp3) is 0.667. The number of hydrogen-bond acceptors (Lipinski definition) is 4. The molecule has 2 aliphatic heterocycles. The van der Waals surface area contributed by atoms with E-state index in [1.807, 2.05) is 23.1 Å². The first kappa shape index (κ1) is 22.1. The molecule has 0 saturated carbocycles. The van der Waals surface area contributed by atoms with Crippen molar-refractivity contribution in [1.82, 2.24) is 20.0 Å². The predicted octanol–water partition coefficient (Wildman–Crippen LogP) is 1.42. The predicted molar refractivity (Wildman–Crippen MR) is 123 cm³/mol. The number of nitrogens with one attached hydrogen (secondary N) is 1. The third kappa shape index (κ3) is 5.21. The molecule has 1 aliphatic carbocycles. The number of nitrogens with zero attached hydrogens (tertiary/aromatic N) is 4. The second-order valence-electron chi connectivity index (χ2n) is 9.06. The van der Waals surface area contributed by atoms with Gasteiger partial charge in [-0.05, 0) is 50.2 Å². The van der Waals surface area contributed by atoms with E-state index < -0.39 is 5.60 Å². The first-order valence-electron chi connectivity index (χ1n) is 11.9. The maximum absolute atomic E-state index is 12.6. The third-order valence-corrected chi connectivity index (χ3v) is 6.89. The van der Waals surface area contributed by atoms with Crippen LogP contribution in [0.5, 0.6) is 0 Å². The zero-order chi connectivity index (χ0) is 21.7. The largest absolute Gasteiger partial charge is 0.383 e. The summed E-state index contributed by atoms with van der Waals surface area (Å²) in [6.45, 7) is 9.00. The van der Waals surface area contributed by atoms with Crippen molar-refractivity contribution in [2.45, 2.75) is 44.6 Å². The number of aryl methyl sites for hydroxylation is 1. The van der Waals surface area contributed by atoms with Gasteiger partial charge in [-0.25, -0.2) is 4.99 Å². The number of amides is 1. The fourth-order valence-electron chi connectivity index (χ4n) is 5.02. The highest BCUT2D eigenvalue weighted by atomic mass is 16.3. The number of aliphatic imine (C=N–C) groups is 1. The van der Waals surface area contributed by atoms with Crippen LogP contribution in [0.25, 0.3) is 0 Å². The minimum absolute atomic E-state index is 0.274. The van der Waals surface area contributed by atoms with Crippen molar-refractivity contribution in [1.29, 1.82) is 0 Å². The summed E-state index contributed by atoms with van der Waals surface area (Å²) in [7, 11) is 0. The van der Waals surface area contributed by atoms with Crippen LogP contribution in [0.3, 0.4) is 0 Å². The minimum Gasteiger partial charge on any atom is -0.383 e. The molecule has 4 rings (SSSR count). The summed E-state index contributed by atoms with van der Waals surface area (Å²) in [5, 5.41) is 14.6. The second-order valence-corrected chi connectivity index (χ2v) is 9.06. The molecule has 3 aliphatic rings. The Morgan fingerprint density at radius 3 is 2.55 bits per heavy atom. The van der Waals surface area contributed by atoms with E-state index in [9.17, 15) is 9.90 Å². The Balaban J connectivity index is 1.33. The highest BCUT2D eigenvalue weighted by molar-refractivity contribution is 5.80. The van der Waals surface area contributed by atoms with Crippen LogP contribution in [0, 0.1) is 0 Å². The molecule has 0 aromatic heterocycles. The van der Waals surface area contributed by atoms with Gasteiger partial charge >= 0.3 is 0 Å². The molecular weight excluding hydrogens is 390 g/mol. The monoisotopic (exact) mass is 427 g/mol. The number of carbonyl (C=O) groups is 1. The van der Waals surface area contributed by atoms with Gasteiger partial charge in [-0.2, -0.15) is 0 Å². The molecule has 170 valence electrons. The van der Waals surface area contributed by atoms with Crippen molar-refractivity contribution in [3.8, 4) is 0 Å². The first-order valence-corrected chi connectivity index (χ1v) is 11.9. The number of rotatable bonds is 5. The standard InChI is InChI=1S/C24H37N5O2/c1-2-25-23(26-19-24(31)11-10-20-8-4-5-9-21(20)24)29-16-14-27(15-17-29)18-22(30)28-12-6-3-7-13-28/h4-5,8-9,31H,2-3,6-7,10-19H2,1H3,(H,25,26). The Labute approximate surface area is 186 Å². The van der Waals surface area contributed by atoms with Crippen LogP contribution < -0.4 is 5.32 Å². The number of carbonyl (C=O) groups excluding carboxylic acids is 1. The summed E-state index contributed by atoms with van der Waals surface area (Å²) in [5.74, 6) is 1.14. The number of fused-ring (bicyclic) bond motifs is 1. The summed E-state index contributed by atoms with van der Waals surface area (Å²) in [6, 6.07) is 8.16. The number of guanidine groups is 1. The smallest absolute Gasteiger partial charge is 0.236 e. The van der Waals surface area contributed by atoms with Gasteiger partial charge in [-0.15, -0.1) is 0 Å². The molecule has 1 atom stereocenters. The highest BCUT2D eigenvalue weighted by Crippen LogP contribution is 2.36. The molecule has 2 fully saturated rings. The van der Waals surface area contributed by atoms with Crippen molar-refractivity contribution < 1.29 is 9.90 Å². The lowest BCUT2D eigenvalue weighted by Crippen LogP contribution is -2.54. The Kier molecular flexibility index (Phi) is 7.13. The number of piperidine rings is 1. The molecule has 31 heavy (non-hydrogen) atoms. The normalized spacial score (nSPS) is 24.9. The lowest BCUT2D eigenvalue weighted by molar-refractivity contribution is -0.133. The van der Waals surface area contributed by atoms with Gasteiger partial charge in [-0.3, -0.25) is 9.69 Å². The topological polar surface area (TPSA) is 71.4 Å². The zero-order valence-corrected chi connectivity index (χ0v) is 18.9. The molecule has 7 heteroatoms. The van der Waals surface area contributed by atoms with Crippen LogP contribution in [0.15, 0.2) is 29.3 Å².